The fourth-order valence-corrected chi connectivity index (χ4v) is 5.12. The van der Waals surface area contributed by atoms with Crippen LogP contribution in [-0.2, 0) is 11.3 Å². The Labute approximate surface area is 235 Å². The van der Waals surface area contributed by atoms with Crippen LogP contribution in [0.15, 0.2) is 97.1 Å². The Morgan fingerprint density at radius 2 is 1.55 bits per heavy atom. The third kappa shape index (κ3) is 6.01. The second kappa shape index (κ2) is 12.5. The van der Waals surface area contributed by atoms with Crippen molar-refractivity contribution in [3.63, 3.8) is 0 Å². The van der Waals surface area contributed by atoms with E-state index >= 15 is 0 Å². The van der Waals surface area contributed by atoms with E-state index in [1.807, 2.05) is 96.8 Å². The third-order valence-corrected chi connectivity index (χ3v) is 7.28. The highest BCUT2D eigenvalue weighted by Gasteiger charge is 2.24. The topological polar surface area (TPSA) is 65.1 Å². The zero-order valence-corrected chi connectivity index (χ0v) is 22.8. The summed E-state index contributed by atoms with van der Waals surface area (Å²) in [6.07, 6.45) is 1.10. The average Bonchev–Trinajstić information content (AvgIpc) is 3.49. The second-order valence-electron chi connectivity index (χ2n) is 9.76. The molecule has 1 aliphatic heterocycles. The Kier molecular flexibility index (Phi) is 8.45. The van der Waals surface area contributed by atoms with Gasteiger partial charge in [0.05, 0.1) is 7.11 Å². The SMILES string of the molecule is CCC(=O)N(CCC(c1ccc2c(c1)OCO2)c1ccccc1OC)Cc1ccc(C(=O)c2ccccc2)cc1. The van der Waals surface area contributed by atoms with Crippen molar-refractivity contribution in [3.8, 4) is 17.2 Å². The molecule has 6 nitrogen and oxygen atoms in total. The molecule has 0 saturated carbocycles. The van der Waals surface area contributed by atoms with Gasteiger partial charge in [-0.15, -0.1) is 0 Å². The zero-order chi connectivity index (χ0) is 27.9. The van der Waals surface area contributed by atoms with E-state index in [1.54, 1.807) is 7.11 Å². The molecule has 5 rings (SSSR count). The highest BCUT2D eigenvalue weighted by atomic mass is 16.7. The molecule has 0 aliphatic carbocycles. The molecule has 1 unspecified atom stereocenters. The Balaban J connectivity index is 1.36. The molecule has 1 aliphatic rings. The number of hydrogen-bond acceptors (Lipinski definition) is 5. The molecule has 0 aromatic heterocycles. The Morgan fingerprint density at radius 1 is 0.850 bits per heavy atom. The third-order valence-electron chi connectivity index (χ3n) is 7.28. The summed E-state index contributed by atoms with van der Waals surface area (Å²) in [5.41, 5.74) is 4.38. The molecule has 6 heteroatoms. The normalized spacial score (nSPS) is 12.6. The van der Waals surface area contributed by atoms with E-state index in [1.165, 1.54) is 0 Å². The van der Waals surface area contributed by atoms with Crippen LogP contribution in [0.2, 0.25) is 0 Å². The number of carbonyl (C=O) groups is 2. The van der Waals surface area contributed by atoms with Gasteiger partial charge in [0.25, 0.3) is 0 Å². The highest BCUT2D eigenvalue weighted by Crippen LogP contribution is 2.40. The van der Waals surface area contributed by atoms with Gasteiger partial charge in [-0.1, -0.05) is 85.8 Å². The minimum Gasteiger partial charge on any atom is -0.496 e. The monoisotopic (exact) mass is 535 g/mol. The van der Waals surface area contributed by atoms with Gasteiger partial charge in [0, 0.05) is 42.1 Å². The molecule has 1 heterocycles. The molecule has 0 bridgehead atoms. The standard InChI is InChI=1S/C34H33NO5/c1-3-33(36)35(22-24-13-15-26(16-14-24)34(37)25-9-5-4-6-10-25)20-19-28(29-11-7-8-12-30(29)38-2)27-17-18-31-32(21-27)40-23-39-31/h4-18,21,28H,3,19-20,22-23H2,1-2H3. The Hall–Kier alpha value is -4.58. The van der Waals surface area contributed by atoms with Gasteiger partial charge >= 0.3 is 0 Å². The van der Waals surface area contributed by atoms with Gasteiger partial charge < -0.3 is 19.1 Å². The van der Waals surface area contributed by atoms with Crippen LogP contribution in [0.4, 0.5) is 0 Å². The lowest BCUT2D eigenvalue weighted by Crippen LogP contribution is -2.31. The smallest absolute Gasteiger partial charge is 0.231 e. The first-order valence-electron chi connectivity index (χ1n) is 13.6. The maximum absolute atomic E-state index is 13.0. The van der Waals surface area contributed by atoms with Crippen LogP contribution < -0.4 is 14.2 Å². The number of ether oxygens (including phenoxy) is 3. The van der Waals surface area contributed by atoms with E-state index in [0.29, 0.717) is 37.1 Å². The summed E-state index contributed by atoms with van der Waals surface area (Å²) in [4.78, 5) is 27.8. The summed E-state index contributed by atoms with van der Waals surface area (Å²) in [5, 5.41) is 0. The fraction of sp³-hybridized carbons (Fsp3) is 0.235. The number of benzene rings is 4. The molecule has 4 aromatic carbocycles. The maximum Gasteiger partial charge on any atom is 0.231 e. The molecule has 40 heavy (non-hydrogen) atoms. The summed E-state index contributed by atoms with van der Waals surface area (Å²) in [6.45, 7) is 3.11. The molecule has 0 spiro atoms. The number of fused-ring (bicyclic) bond motifs is 1. The van der Waals surface area contributed by atoms with Gasteiger partial charge in [0.15, 0.2) is 17.3 Å². The molecule has 204 valence electrons. The molecule has 0 saturated heterocycles. The molecule has 4 aromatic rings. The maximum atomic E-state index is 13.0. The lowest BCUT2D eigenvalue weighted by atomic mass is 9.87. The van der Waals surface area contributed by atoms with Gasteiger partial charge in [-0.3, -0.25) is 9.59 Å². The van der Waals surface area contributed by atoms with E-state index in [0.717, 1.165) is 33.9 Å². The van der Waals surface area contributed by atoms with Crippen molar-refractivity contribution in [1.82, 2.24) is 4.90 Å². The number of carbonyl (C=O) groups excluding carboxylic acids is 2. The lowest BCUT2D eigenvalue weighted by Gasteiger charge is -2.27. The molecule has 1 amide bonds. The van der Waals surface area contributed by atoms with Crippen molar-refractivity contribution in [3.05, 3.63) is 125 Å². The average molecular weight is 536 g/mol. The van der Waals surface area contributed by atoms with Crippen LogP contribution in [0.1, 0.15) is 58.3 Å². The van der Waals surface area contributed by atoms with Gasteiger partial charge in [0.2, 0.25) is 12.7 Å². The molecular formula is C34H33NO5. The number of amides is 1. The van der Waals surface area contributed by atoms with Crippen LogP contribution in [0, 0.1) is 0 Å². The van der Waals surface area contributed by atoms with E-state index < -0.39 is 0 Å². The van der Waals surface area contributed by atoms with Gasteiger partial charge in [-0.05, 0) is 35.7 Å². The highest BCUT2D eigenvalue weighted by molar-refractivity contribution is 6.08. The number of rotatable bonds is 11. The number of nitrogens with zero attached hydrogens (tertiary/aromatic N) is 1. The number of hydrogen-bond donors (Lipinski definition) is 0. The summed E-state index contributed by atoms with van der Waals surface area (Å²) >= 11 is 0. The van der Waals surface area contributed by atoms with E-state index in [9.17, 15) is 9.59 Å². The molecule has 1 atom stereocenters. The molecule has 0 fully saturated rings. The summed E-state index contributed by atoms with van der Waals surface area (Å²) in [6, 6.07) is 30.8. The second-order valence-corrected chi connectivity index (χ2v) is 9.76. The molecule has 0 N–H and O–H groups in total. The van der Waals surface area contributed by atoms with Crippen molar-refractivity contribution in [2.24, 2.45) is 0 Å². The van der Waals surface area contributed by atoms with Crippen molar-refractivity contribution in [1.29, 1.82) is 0 Å². The van der Waals surface area contributed by atoms with Crippen molar-refractivity contribution >= 4 is 11.7 Å². The fourth-order valence-electron chi connectivity index (χ4n) is 5.12. The quantitative estimate of drug-likeness (QED) is 0.202. The summed E-state index contributed by atoms with van der Waals surface area (Å²) in [7, 11) is 1.68. The van der Waals surface area contributed by atoms with Crippen molar-refractivity contribution in [2.45, 2.75) is 32.2 Å². The van der Waals surface area contributed by atoms with Crippen LogP contribution in [-0.4, -0.2) is 37.0 Å². The predicted molar refractivity (Wildman–Crippen MR) is 154 cm³/mol. The Morgan fingerprint density at radius 3 is 2.30 bits per heavy atom. The first-order valence-corrected chi connectivity index (χ1v) is 13.6. The first kappa shape index (κ1) is 27.0. The minimum atomic E-state index is -0.0244. The minimum absolute atomic E-state index is 0.0167. The summed E-state index contributed by atoms with van der Waals surface area (Å²) in [5.74, 6) is 2.30. The van der Waals surface area contributed by atoms with E-state index in [-0.39, 0.29) is 24.4 Å². The first-order chi connectivity index (χ1) is 19.6. The van der Waals surface area contributed by atoms with Crippen LogP contribution >= 0.6 is 0 Å². The molecule has 0 radical (unpaired) electrons. The number of para-hydroxylation sites is 1. The number of methoxy groups -OCH3 is 1. The van der Waals surface area contributed by atoms with Gasteiger partial charge in [0.1, 0.15) is 5.75 Å². The lowest BCUT2D eigenvalue weighted by molar-refractivity contribution is -0.131. The molecular weight excluding hydrogens is 502 g/mol. The van der Waals surface area contributed by atoms with Crippen LogP contribution in [0.5, 0.6) is 17.2 Å². The summed E-state index contributed by atoms with van der Waals surface area (Å²) < 4.78 is 16.9. The van der Waals surface area contributed by atoms with Gasteiger partial charge in [-0.2, -0.15) is 0 Å². The van der Waals surface area contributed by atoms with E-state index in [4.69, 9.17) is 14.2 Å². The van der Waals surface area contributed by atoms with Gasteiger partial charge in [-0.25, -0.2) is 0 Å². The number of ketones is 1. The zero-order valence-electron chi connectivity index (χ0n) is 22.8. The van der Waals surface area contributed by atoms with Crippen LogP contribution in [0.25, 0.3) is 0 Å². The Bertz CT molecular complexity index is 1470. The van der Waals surface area contributed by atoms with Crippen LogP contribution in [0.3, 0.4) is 0 Å². The van der Waals surface area contributed by atoms with Crippen molar-refractivity contribution in [2.75, 3.05) is 20.4 Å². The van der Waals surface area contributed by atoms with Crippen molar-refractivity contribution < 1.29 is 23.8 Å². The largest absolute Gasteiger partial charge is 0.496 e. The predicted octanol–water partition coefficient (Wildman–Crippen LogP) is 6.62. The van der Waals surface area contributed by atoms with E-state index in [2.05, 4.69) is 12.1 Å².